The first-order valence-corrected chi connectivity index (χ1v) is 8.84. The van der Waals surface area contributed by atoms with Crippen LogP contribution in [0, 0.1) is 13.8 Å². The number of halogens is 1. The molecule has 148 valence electrons. The van der Waals surface area contributed by atoms with E-state index in [1.807, 2.05) is 68.4 Å². The van der Waals surface area contributed by atoms with Crippen molar-refractivity contribution in [1.82, 2.24) is 15.6 Å². The molecule has 1 aromatic heterocycles. The zero-order chi connectivity index (χ0) is 19.1. The smallest absolute Gasteiger partial charge is 0.214 e. The highest BCUT2D eigenvalue weighted by Gasteiger charge is 2.08. The van der Waals surface area contributed by atoms with Crippen LogP contribution in [0.25, 0.3) is 0 Å². The van der Waals surface area contributed by atoms with Gasteiger partial charge in [0.1, 0.15) is 17.3 Å². The number of aromatic nitrogens is 1. The minimum absolute atomic E-state index is 0. The Morgan fingerprint density at radius 3 is 2.36 bits per heavy atom. The van der Waals surface area contributed by atoms with Crippen LogP contribution in [0.4, 0.5) is 0 Å². The van der Waals surface area contributed by atoms with Gasteiger partial charge in [-0.1, -0.05) is 36.4 Å². The van der Waals surface area contributed by atoms with Crippen LogP contribution < -0.4 is 15.4 Å². The van der Waals surface area contributed by atoms with Crippen LogP contribution in [0.1, 0.15) is 22.9 Å². The van der Waals surface area contributed by atoms with Crippen molar-refractivity contribution in [3.05, 3.63) is 77.5 Å². The molecule has 0 saturated carbocycles. The molecule has 0 fully saturated rings. The number of benzene rings is 2. The van der Waals surface area contributed by atoms with E-state index in [-0.39, 0.29) is 24.0 Å². The van der Waals surface area contributed by atoms with E-state index in [1.54, 1.807) is 7.05 Å². The molecule has 2 aromatic carbocycles. The van der Waals surface area contributed by atoms with Crippen LogP contribution in [0.5, 0.6) is 11.5 Å². The van der Waals surface area contributed by atoms with Crippen molar-refractivity contribution in [2.45, 2.75) is 26.9 Å². The van der Waals surface area contributed by atoms with E-state index in [2.05, 4.69) is 20.6 Å². The monoisotopic (exact) mass is 492 g/mol. The average molecular weight is 492 g/mol. The van der Waals surface area contributed by atoms with Crippen LogP contribution in [0.3, 0.4) is 0 Å². The van der Waals surface area contributed by atoms with E-state index in [0.717, 1.165) is 28.5 Å². The zero-order valence-electron chi connectivity index (χ0n) is 16.2. The molecule has 6 nitrogen and oxygen atoms in total. The molecule has 0 unspecified atom stereocenters. The normalized spacial score (nSPS) is 10.9. The molecule has 0 aliphatic heterocycles. The minimum Gasteiger partial charge on any atom is -0.457 e. The number of nitrogens with one attached hydrogen (secondary N) is 2. The summed E-state index contributed by atoms with van der Waals surface area (Å²) in [5, 5.41) is 6.50. The van der Waals surface area contributed by atoms with Gasteiger partial charge in [0.25, 0.3) is 0 Å². The summed E-state index contributed by atoms with van der Waals surface area (Å²) in [6.45, 7) is 4.88. The molecule has 2 N–H and O–H groups in total. The van der Waals surface area contributed by atoms with E-state index in [0.29, 0.717) is 24.9 Å². The van der Waals surface area contributed by atoms with Gasteiger partial charge < -0.3 is 19.8 Å². The van der Waals surface area contributed by atoms with E-state index >= 15 is 0 Å². The number of oxazole rings is 1. The number of para-hydroxylation sites is 2. The molecule has 28 heavy (non-hydrogen) atoms. The second-order valence-electron chi connectivity index (χ2n) is 6.05. The third-order valence-electron chi connectivity index (χ3n) is 4.09. The lowest BCUT2D eigenvalue weighted by Crippen LogP contribution is -2.36. The molecule has 7 heteroatoms. The average Bonchev–Trinajstić information content (AvgIpc) is 3.01. The lowest BCUT2D eigenvalue weighted by atomic mass is 10.2. The highest BCUT2D eigenvalue weighted by molar-refractivity contribution is 14.0. The molecule has 1 heterocycles. The number of rotatable bonds is 6. The number of hydrogen-bond acceptors (Lipinski definition) is 4. The highest BCUT2D eigenvalue weighted by Crippen LogP contribution is 2.24. The van der Waals surface area contributed by atoms with Crippen molar-refractivity contribution in [1.29, 1.82) is 0 Å². The summed E-state index contributed by atoms with van der Waals surface area (Å²) < 4.78 is 11.6. The Bertz CT molecular complexity index is 890. The molecular formula is C21H25IN4O2. The summed E-state index contributed by atoms with van der Waals surface area (Å²) in [6, 6.07) is 17.7. The number of aryl methyl sites for hydroxylation is 2. The summed E-state index contributed by atoms with van der Waals surface area (Å²) in [7, 11) is 1.73. The van der Waals surface area contributed by atoms with Gasteiger partial charge in [0, 0.05) is 19.2 Å². The lowest BCUT2D eigenvalue weighted by molar-refractivity contribution is 0.463. The maximum atomic E-state index is 6.00. The van der Waals surface area contributed by atoms with Crippen LogP contribution >= 0.6 is 24.0 Å². The third kappa shape index (κ3) is 5.98. The van der Waals surface area contributed by atoms with Crippen LogP contribution in [-0.4, -0.2) is 18.0 Å². The summed E-state index contributed by atoms with van der Waals surface area (Å²) >= 11 is 0. The van der Waals surface area contributed by atoms with Gasteiger partial charge in [0.2, 0.25) is 5.89 Å². The number of ether oxygens (including phenoxy) is 1. The maximum absolute atomic E-state index is 6.00. The number of nitrogens with zero attached hydrogens (tertiary/aromatic N) is 2. The van der Waals surface area contributed by atoms with Crippen LogP contribution in [0.15, 0.2) is 64.0 Å². The van der Waals surface area contributed by atoms with E-state index in [1.165, 1.54) is 0 Å². The standard InChI is InChI=1S/C21H24N4O2.HI/c1-15-16(2)26-20(25-15)14-24-21(22-3)23-13-17-9-7-8-12-19(17)27-18-10-5-4-6-11-18;/h4-12H,13-14H2,1-3H3,(H2,22,23,24);1H. The van der Waals surface area contributed by atoms with Gasteiger partial charge in [-0.05, 0) is 32.0 Å². The number of aliphatic imine (C=N–C) groups is 1. The summed E-state index contributed by atoms with van der Waals surface area (Å²) in [4.78, 5) is 8.61. The van der Waals surface area contributed by atoms with Gasteiger partial charge in [-0.2, -0.15) is 0 Å². The second-order valence-corrected chi connectivity index (χ2v) is 6.05. The van der Waals surface area contributed by atoms with Gasteiger partial charge in [-0.3, -0.25) is 4.99 Å². The molecule has 0 radical (unpaired) electrons. The predicted molar refractivity (Wildman–Crippen MR) is 121 cm³/mol. The maximum Gasteiger partial charge on any atom is 0.214 e. The zero-order valence-corrected chi connectivity index (χ0v) is 18.6. The Kier molecular flexibility index (Phi) is 8.31. The molecular weight excluding hydrogens is 467 g/mol. The van der Waals surface area contributed by atoms with Gasteiger partial charge >= 0.3 is 0 Å². The van der Waals surface area contributed by atoms with Gasteiger partial charge in [-0.15, -0.1) is 24.0 Å². The SMILES string of the molecule is CN=C(NCc1nc(C)c(C)o1)NCc1ccccc1Oc1ccccc1.I. The molecule has 0 spiro atoms. The topological polar surface area (TPSA) is 71.7 Å². The third-order valence-corrected chi connectivity index (χ3v) is 4.09. The molecule has 0 saturated heterocycles. The number of hydrogen-bond donors (Lipinski definition) is 2. The first-order valence-electron chi connectivity index (χ1n) is 8.84. The van der Waals surface area contributed by atoms with Crippen molar-refractivity contribution < 1.29 is 9.15 Å². The molecule has 0 aliphatic carbocycles. The van der Waals surface area contributed by atoms with Gasteiger partial charge in [0.15, 0.2) is 5.96 Å². The van der Waals surface area contributed by atoms with Crippen molar-refractivity contribution in [3.8, 4) is 11.5 Å². The molecule has 3 rings (SSSR count). The van der Waals surface area contributed by atoms with Crippen molar-refractivity contribution >= 4 is 29.9 Å². The Morgan fingerprint density at radius 1 is 1.00 bits per heavy atom. The fraction of sp³-hybridized carbons (Fsp3) is 0.238. The summed E-state index contributed by atoms with van der Waals surface area (Å²) in [6.07, 6.45) is 0. The van der Waals surface area contributed by atoms with E-state index < -0.39 is 0 Å². The minimum atomic E-state index is 0. The molecule has 0 bridgehead atoms. The number of guanidine groups is 1. The van der Waals surface area contributed by atoms with Gasteiger partial charge in [0.05, 0.1) is 12.2 Å². The highest BCUT2D eigenvalue weighted by atomic mass is 127. The van der Waals surface area contributed by atoms with E-state index in [4.69, 9.17) is 9.15 Å². The Hall–Kier alpha value is -2.55. The Balaban J connectivity index is 0.00000280. The predicted octanol–water partition coefficient (Wildman–Crippen LogP) is 4.57. The summed E-state index contributed by atoms with van der Waals surface area (Å²) in [5.74, 6) is 3.76. The molecule has 0 atom stereocenters. The van der Waals surface area contributed by atoms with Crippen molar-refractivity contribution in [3.63, 3.8) is 0 Å². The molecule has 0 aliphatic rings. The Morgan fingerprint density at radius 2 is 1.68 bits per heavy atom. The van der Waals surface area contributed by atoms with Crippen molar-refractivity contribution in [2.75, 3.05) is 7.05 Å². The lowest BCUT2D eigenvalue weighted by Gasteiger charge is -2.14. The quantitative estimate of drug-likeness (QED) is 0.300. The van der Waals surface area contributed by atoms with Crippen LogP contribution in [0.2, 0.25) is 0 Å². The van der Waals surface area contributed by atoms with Gasteiger partial charge in [-0.25, -0.2) is 4.98 Å². The molecule has 0 amide bonds. The fourth-order valence-electron chi connectivity index (χ4n) is 2.54. The molecule has 3 aromatic rings. The second kappa shape index (κ2) is 10.7. The largest absolute Gasteiger partial charge is 0.457 e. The first-order chi connectivity index (χ1) is 13.2. The fourth-order valence-corrected chi connectivity index (χ4v) is 2.54. The van der Waals surface area contributed by atoms with Crippen LogP contribution in [-0.2, 0) is 13.1 Å². The van der Waals surface area contributed by atoms with Crippen molar-refractivity contribution in [2.24, 2.45) is 4.99 Å². The Labute approximate surface area is 182 Å². The summed E-state index contributed by atoms with van der Waals surface area (Å²) in [5.41, 5.74) is 1.94. The van der Waals surface area contributed by atoms with E-state index in [9.17, 15) is 0 Å². The first kappa shape index (κ1) is 21.7.